The number of hydrogen-bond acceptors (Lipinski definition) is 0. The van der Waals surface area contributed by atoms with Crippen LogP contribution >= 0.6 is 15.8 Å². The highest BCUT2D eigenvalue weighted by molar-refractivity contribution is 7.64. The number of hydrogen-bond donors (Lipinski definition) is 0. The lowest BCUT2D eigenvalue weighted by molar-refractivity contribution is 0.486. The van der Waals surface area contributed by atoms with Crippen molar-refractivity contribution in [2.24, 2.45) is 0 Å². The van der Waals surface area contributed by atoms with Crippen molar-refractivity contribution in [3.05, 3.63) is 23.0 Å². The first-order valence-corrected chi connectivity index (χ1v) is 16.0. The lowest BCUT2D eigenvalue weighted by atomic mass is 9.99. The molecule has 2 heteroatoms. The lowest BCUT2D eigenvalue weighted by Crippen LogP contribution is -2.32. The van der Waals surface area contributed by atoms with Crippen LogP contribution in [0.2, 0.25) is 0 Å². The summed E-state index contributed by atoms with van der Waals surface area (Å²) >= 11 is 0. The molecule has 0 N–H and O–H groups in total. The molecule has 0 aromatic heterocycles. The third-order valence-corrected chi connectivity index (χ3v) is 15.3. The van der Waals surface area contributed by atoms with Crippen molar-refractivity contribution in [3.8, 4) is 0 Å². The third-order valence-electron chi connectivity index (χ3n) is 7.74. The molecule has 0 aromatic rings. The quantitative estimate of drug-likeness (QED) is 0.367. The molecule has 30 heavy (non-hydrogen) atoms. The maximum atomic E-state index is 2.67. The Labute approximate surface area is 191 Å². The van der Waals surface area contributed by atoms with E-state index in [0.29, 0.717) is 10.3 Å². The standard InChI is InChI=1S/C28H50P2/c1-22(30(27(2,3)4)28(5,6)7)25-20-14-15-21-26(25)29(23-16-10-8-11-17-23)24-18-12-9-13-19-24/h15,21-24H,8-14,16-20H2,1-7H3/t22-/m0/s1. The molecule has 0 amide bonds. The van der Waals surface area contributed by atoms with Crippen molar-refractivity contribution >= 4 is 15.8 Å². The fraction of sp³-hybridized carbons (Fsp3) is 0.857. The molecule has 3 aliphatic rings. The van der Waals surface area contributed by atoms with Gasteiger partial charge in [-0.3, -0.25) is 0 Å². The van der Waals surface area contributed by atoms with Crippen molar-refractivity contribution < 1.29 is 0 Å². The molecule has 0 nitrogen and oxygen atoms in total. The van der Waals surface area contributed by atoms with Gasteiger partial charge in [-0.15, -0.1) is 0 Å². The lowest BCUT2D eigenvalue weighted by Gasteiger charge is -2.48. The summed E-state index contributed by atoms with van der Waals surface area (Å²) in [7, 11) is -0.0747. The average Bonchev–Trinajstić information content (AvgIpc) is 2.68. The summed E-state index contributed by atoms with van der Waals surface area (Å²) in [5.74, 6) is 0. The molecule has 0 spiro atoms. The van der Waals surface area contributed by atoms with Gasteiger partial charge in [0.15, 0.2) is 0 Å². The summed E-state index contributed by atoms with van der Waals surface area (Å²) < 4.78 is 0. The Bertz CT molecular complexity index is 572. The first-order valence-electron chi connectivity index (χ1n) is 13.1. The first kappa shape index (κ1) is 25.0. The monoisotopic (exact) mass is 448 g/mol. The summed E-state index contributed by atoms with van der Waals surface area (Å²) in [6.45, 7) is 17.7. The van der Waals surface area contributed by atoms with Gasteiger partial charge in [-0.1, -0.05) is 121 Å². The Balaban J connectivity index is 2.02. The van der Waals surface area contributed by atoms with Gasteiger partial charge in [-0.2, -0.15) is 0 Å². The minimum atomic E-state index is -0.0945. The van der Waals surface area contributed by atoms with Crippen LogP contribution in [0.5, 0.6) is 0 Å². The molecular weight excluding hydrogens is 398 g/mol. The van der Waals surface area contributed by atoms with Crippen molar-refractivity contribution in [3.63, 3.8) is 0 Å². The van der Waals surface area contributed by atoms with E-state index in [4.69, 9.17) is 0 Å². The highest BCUT2D eigenvalue weighted by Crippen LogP contribution is 2.68. The maximum Gasteiger partial charge on any atom is -0.000886 e. The van der Waals surface area contributed by atoms with Crippen LogP contribution in [0.25, 0.3) is 0 Å². The van der Waals surface area contributed by atoms with E-state index < -0.39 is 0 Å². The molecular formula is C28H50P2. The van der Waals surface area contributed by atoms with E-state index >= 15 is 0 Å². The number of allylic oxidation sites excluding steroid dienone is 4. The van der Waals surface area contributed by atoms with Crippen LogP contribution in [0.4, 0.5) is 0 Å². The van der Waals surface area contributed by atoms with Crippen molar-refractivity contribution in [2.75, 3.05) is 0 Å². The molecule has 0 aromatic carbocycles. The van der Waals surface area contributed by atoms with Gasteiger partial charge in [-0.05, 0) is 71.1 Å². The zero-order chi connectivity index (χ0) is 21.9. The largest absolute Gasteiger partial charge is 0.0885 e. The highest BCUT2D eigenvalue weighted by Gasteiger charge is 2.42. The third kappa shape index (κ3) is 6.02. The van der Waals surface area contributed by atoms with Gasteiger partial charge in [0.2, 0.25) is 0 Å². The Kier molecular flexibility index (Phi) is 8.75. The molecule has 2 saturated carbocycles. The first-order chi connectivity index (χ1) is 14.1. The fourth-order valence-corrected chi connectivity index (χ4v) is 16.2. The Hall–Kier alpha value is 0.340. The van der Waals surface area contributed by atoms with Crippen LogP contribution in [0.3, 0.4) is 0 Å². The molecule has 1 atom stereocenters. The Morgan fingerprint density at radius 1 is 0.767 bits per heavy atom. The molecule has 0 heterocycles. The smallest absolute Gasteiger partial charge is 0.000886 e. The van der Waals surface area contributed by atoms with Crippen LogP contribution in [0.15, 0.2) is 23.0 Å². The summed E-state index contributed by atoms with van der Waals surface area (Å²) in [5, 5.41) is 2.72. The van der Waals surface area contributed by atoms with Gasteiger partial charge in [0, 0.05) is 0 Å². The molecule has 3 aliphatic carbocycles. The summed E-state index contributed by atoms with van der Waals surface area (Å²) in [4.78, 5) is 0. The van der Waals surface area contributed by atoms with E-state index in [1.54, 1.807) is 0 Å². The Morgan fingerprint density at radius 3 is 1.67 bits per heavy atom. The number of rotatable bonds is 5. The van der Waals surface area contributed by atoms with E-state index in [1.165, 1.54) is 77.0 Å². The van der Waals surface area contributed by atoms with Crippen LogP contribution < -0.4 is 0 Å². The van der Waals surface area contributed by atoms with Crippen LogP contribution in [-0.2, 0) is 0 Å². The minimum absolute atomic E-state index is 0.0198. The van der Waals surface area contributed by atoms with Gasteiger partial charge >= 0.3 is 0 Å². The normalized spacial score (nSPS) is 24.2. The van der Waals surface area contributed by atoms with Crippen molar-refractivity contribution in [1.82, 2.24) is 0 Å². The molecule has 0 unspecified atom stereocenters. The van der Waals surface area contributed by atoms with Gasteiger partial charge in [0.05, 0.1) is 0 Å². The summed E-state index contributed by atoms with van der Waals surface area (Å²) in [5.41, 5.74) is 4.72. The molecule has 2 fully saturated rings. The van der Waals surface area contributed by atoms with E-state index in [-0.39, 0.29) is 15.8 Å². The second kappa shape index (κ2) is 10.5. The van der Waals surface area contributed by atoms with Crippen LogP contribution in [0.1, 0.15) is 126 Å². The minimum Gasteiger partial charge on any atom is -0.0885 e. The molecule has 0 bridgehead atoms. The maximum absolute atomic E-state index is 2.67. The zero-order valence-corrected chi connectivity index (χ0v) is 23.1. The van der Waals surface area contributed by atoms with E-state index in [0.717, 1.165) is 17.0 Å². The topological polar surface area (TPSA) is 0 Å². The van der Waals surface area contributed by atoms with Crippen LogP contribution in [-0.4, -0.2) is 27.3 Å². The van der Waals surface area contributed by atoms with E-state index in [9.17, 15) is 0 Å². The van der Waals surface area contributed by atoms with E-state index in [2.05, 4.69) is 60.6 Å². The molecule has 0 radical (unpaired) electrons. The summed E-state index contributed by atoms with van der Waals surface area (Å²) in [6, 6.07) is 0. The predicted molar refractivity (Wildman–Crippen MR) is 142 cm³/mol. The molecule has 0 aliphatic heterocycles. The van der Waals surface area contributed by atoms with E-state index in [1.807, 2.05) is 10.9 Å². The molecule has 0 saturated heterocycles. The van der Waals surface area contributed by atoms with Gasteiger partial charge in [0.1, 0.15) is 0 Å². The Morgan fingerprint density at radius 2 is 1.23 bits per heavy atom. The van der Waals surface area contributed by atoms with Gasteiger partial charge < -0.3 is 0 Å². The zero-order valence-electron chi connectivity index (χ0n) is 21.3. The predicted octanol–water partition coefficient (Wildman–Crippen LogP) is 10.2. The average molecular weight is 449 g/mol. The SMILES string of the molecule is C[C@@H](C1=C(P(C2CCCCC2)C2CCCCC2)C=CCC1)P(C(C)(C)C)C(C)(C)C. The van der Waals surface area contributed by atoms with Gasteiger partial charge in [-0.25, -0.2) is 0 Å². The second-order valence-electron chi connectivity index (χ2n) is 12.2. The summed E-state index contributed by atoms with van der Waals surface area (Å²) in [6.07, 6.45) is 22.9. The second-order valence-corrected chi connectivity index (χ2v) is 19.2. The molecule has 172 valence electrons. The van der Waals surface area contributed by atoms with Crippen molar-refractivity contribution in [2.45, 2.75) is 153 Å². The van der Waals surface area contributed by atoms with Crippen molar-refractivity contribution in [1.29, 1.82) is 0 Å². The highest BCUT2D eigenvalue weighted by atomic mass is 31.1. The van der Waals surface area contributed by atoms with Crippen LogP contribution in [0, 0.1) is 0 Å². The fourth-order valence-electron chi connectivity index (χ4n) is 7.08. The molecule has 3 rings (SSSR count). The van der Waals surface area contributed by atoms with Gasteiger partial charge in [0.25, 0.3) is 0 Å².